The van der Waals surface area contributed by atoms with Gasteiger partial charge in [-0.1, -0.05) is 28.1 Å². The fourth-order valence-electron chi connectivity index (χ4n) is 2.23. The Labute approximate surface area is 133 Å². The van der Waals surface area contributed by atoms with Gasteiger partial charge in [-0.3, -0.25) is 4.79 Å². The maximum absolute atomic E-state index is 12.4. The lowest BCUT2D eigenvalue weighted by Crippen LogP contribution is -2.50. The zero-order chi connectivity index (χ0) is 15.2. The number of carbonyl (C=O) groups excluding carboxylic acids is 2. The van der Waals surface area contributed by atoms with Crippen LogP contribution >= 0.6 is 15.9 Å². The molecule has 1 fully saturated rings. The minimum Gasteiger partial charge on any atom is -0.450 e. The summed E-state index contributed by atoms with van der Waals surface area (Å²) in [6.45, 7) is 4.27. The van der Waals surface area contributed by atoms with E-state index in [1.54, 1.807) is 16.7 Å². The zero-order valence-corrected chi connectivity index (χ0v) is 13.6. The van der Waals surface area contributed by atoms with Crippen molar-refractivity contribution in [2.75, 3.05) is 32.8 Å². The Balaban J connectivity index is 1.92. The summed E-state index contributed by atoms with van der Waals surface area (Å²) < 4.78 is 4.97. The second-order valence-electron chi connectivity index (χ2n) is 4.81. The molecule has 0 aromatic heterocycles. The van der Waals surface area contributed by atoms with Crippen LogP contribution in [0, 0.1) is 0 Å². The summed E-state index contributed by atoms with van der Waals surface area (Å²) in [7, 11) is 0. The van der Waals surface area contributed by atoms with Gasteiger partial charge in [0.15, 0.2) is 0 Å². The fraction of sp³-hybridized carbons (Fsp3) is 0.467. The minimum absolute atomic E-state index is 0.0135. The van der Waals surface area contributed by atoms with Crippen LogP contribution in [0.3, 0.4) is 0 Å². The molecule has 1 aliphatic rings. The average Bonchev–Trinajstić information content (AvgIpc) is 2.54. The van der Waals surface area contributed by atoms with Crippen LogP contribution in [-0.4, -0.2) is 54.6 Å². The molecule has 114 valence electrons. The molecule has 0 N–H and O–H groups in total. The van der Waals surface area contributed by atoms with Gasteiger partial charge in [0.25, 0.3) is 5.91 Å². The van der Waals surface area contributed by atoms with Crippen molar-refractivity contribution in [3.05, 3.63) is 35.4 Å². The fourth-order valence-corrected chi connectivity index (χ4v) is 2.60. The lowest BCUT2D eigenvalue weighted by atomic mass is 10.1. The van der Waals surface area contributed by atoms with Crippen LogP contribution in [0.5, 0.6) is 0 Å². The normalized spacial score (nSPS) is 15.0. The van der Waals surface area contributed by atoms with Gasteiger partial charge < -0.3 is 14.5 Å². The molecule has 1 heterocycles. The van der Waals surface area contributed by atoms with Crippen LogP contribution in [0.1, 0.15) is 22.8 Å². The molecule has 1 aliphatic heterocycles. The predicted molar refractivity (Wildman–Crippen MR) is 83.6 cm³/mol. The Bertz CT molecular complexity index is 496. The van der Waals surface area contributed by atoms with Crippen molar-refractivity contribution in [3.8, 4) is 0 Å². The second-order valence-corrected chi connectivity index (χ2v) is 5.37. The summed E-state index contributed by atoms with van der Waals surface area (Å²) in [5.74, 6) is 0.0135. The largest absolute Gasteiger partial charge is 0.450 e. The van der Waals surface area contributed by atoms with Gasteiger partial charge in [-0.05, 0) is 24.6 Å². The lowest BCUT2D eigenvalue weighted by Gasteiger charge is -2.34. The number of nitrogens with zero attached hydrogens (tertiary/aromatic N) is 2. The Morgan fingerprint density at radius 3 is 2.19 bits per heavy atom. The van der Waals surface area contributed by atoms with Crippen LogP contribution in [0.15, 0.2) is 24.3 Å². The predicted octanol–water partition coefficient (Wildman–Crippen LogP) is 2.50. The average molecular weight is 355 g/mol. The number of benzene rings is 1. The molecule has 0 atom stereocenters. The maximum Gasteiger partial charge on any atom is 0.409 e. The smallest absolute Gasteiger partial charge is 0.409 e. The lowest BCUT2D eigenvalue weighted by molar-refractivity contribution is 0.0570. The Morgan fingerprint density at radius 1 is 1.10 bits per heavy atom. The third-order valence-corrected chi connectivity index (χ3v) is 4.10. The van der Waals surface area contributed by atoms with Gasteiger partial charge in [0.1, 0.15) is 0 Å². The Morgan fingerprint density at radius 2 is 1.67 bits per heavy atom. The molecule has 6 heteroatoms. The van der Waals surface area contributed by atoms with E-state index in [0.717, 1.165) is 10.9 Å². The highest BCUT2D eigenvalue weighted by molar-refractivity contribution is 9.08. The van der Waals surface area contributed by atoms with E-state index in [4.69, 9.17) is 4.74 Å². The van der Waals surface area contributed by atoms with Crippen molar-refractivity contribution in [2.45, 2.75) is 12.3 Å². The summed E-state index contributed by atoms with van der Waals surface area (Å²) in [5, 5.41) is 0.777. The van der Waals surface area contributed by atoms with Crippen molar-refractivity contribution < 1.29 is 14.3 Å². The number of ether oxygens (including phenoxy) is 1. The first-order chi connectivity index (χ1) is 10.2. The Hall–Kier alpha value is -1.56. The molecule has 2 amide bonds. The molecule has 1 saturated heterocycles. The van der Waals surface area contributed by atoms with E-state index in [2.05, 4.69) is 15.9 Å². The number of halogens is 1. The van der Waals surface area contributed by atoms with Gasteiger partial charge in [0, 0.05) is 37.1 Å². The molecule has 0 saturated carbocycles. The van der Waals surface area contributed by atoms with Crippen LogP contribution in [0.4, 0.5) is 4.79 Å². The summed E-state index contributed by atoms with van der Waals surface area (Å²) in [6, 6.07) is 7.57. The van der Waals surface area contributed by atoms with Crippen molar-refractivity contribution in [1.29, 1.82) is 0 Å². The van der Waals surface area contributed by atoms with Gasteiger partial charge in [-0.25, -0.2) is 4.79 Å². The van der Waals surface area contributed by atoms with Gasteiger partial charge >= 0.3 is 6.09 Å². The summed E-state index contributed by atoms with van der Waals surface area (Å²) >= 11 is 3.38. The van der Waals surface area contributed by atoms with E-state index >= 15 is 0 Å². The first-order valence-corrected chi connectivity index (χ1v) is 8.13. The molecule has 0 unspecified atom stereocenters. The number of rotatable bonds is 3. The molecule has 2 rings (SSSR count). The van der Waals surface area contributed by atoms with Crippen molar-refractivity contribution >= 4 is 27.9 Å². The van der Waals surface area contributed by atoms with Crippen molar-refractivity contribution in [1.82, 2.24) is 9.80 Å². The van der Waals surface area contributed by atoms with E-state index in [1.165, 1.54) is 0 Å². The number of hydrogen-bond acceptors (Lipinski definition) is 3. The van der Waals surface area contributed by atoms with Crippen LogP contribution in [0.2, 0.25) is 0 Å². The van der Waals surface area contributed by atoms with E-state index in [9.17, 15) is 9.59 Å². The van der Waals surface area contributed by atoms with E-state index < -0.39 is 0 Å². The van der Waals surface area contributed by atoms with Gasteiger partial charge in [0.2, 0.25) is 0 Å². The van der Waals surface area contributed by atoms with Crippen LogP contribution in [0.25, 0.3) is 0 Å². The molecule has 0 radical (unpaired) electrons. The second kappa shape index (κ2) is 7.45. The number of carbonyl (C=O) groups is 2. The maximum atomic E-state index is 12.4. The van der Waals surface area contributed by atoms with Crippen LogP contribution < -0.4 is 0 Å². The molecule has 1 aromatic carbocycles. The highest BCUT2D eigenvalue weighted by atomic mass is 79.9. The van der Waals surface area contributed by atoms with Crippen molar-refractivity contribution in [3.63, 3.8) is 0 Å². The standard InChI is InChI=1S/C15H19BrN2O3/c1-2-21-15(20)18-9-7-17(8-10-18)14(19)13-5-3-12(11-16)4-6-13/h3-6H,2,7-11H2,1H3. The van der Waals surface area contributed by atoms with Gasteiger partial charge in [-0.15, -0.1) is 0 Å². The molecular formula is C15H19BrN2O3. The van der Waals surface area contributed by atoms with Gasteiger partial charge in [0.05, 0.1) is 6.61 Å². The number of piperazine rings is 1. The SMILES string of the molecule is CCOC(=O)N1CCN(C(=O)c2ccc(CBr)cc2)CC1. The molecule has 0 spiro atoms. The summed E-state index contributed by atoms with van der Waals surface area (Å²) in [6.07, 6.45) is -0.300. The first kappa shape index (κ1) is 15.8. The minimum atomic E-state index is -0.300. The molecule has 0 bridgehead atoms. The third kappa shape index (κ3) is 3.97. The number of hydrogen-bond donors (Lipinski definition) is 0. The molecule has 1 aromatic rings. The molecule has 5 nitrogen and oxygen atoms in total. The highest BCUT2D eigenvalue weighted by Crippen LogP contribution is 2.12. The summed E-state index contributed by atoms with van der Waals surface area (Å²) in [4.78, 5) is 27.4. The first-order valence-electron chi connectivity index (χ1n) is 7.01. The van der Waals surface area contributed by atoms with Crippen molar-refractivity contribution in [2.24, 2.45) is 0 Å². The Kier molecular flexibility index (Phi) is 5.61. The van der Waals surface area contributed by atoms with Gasteiger partial charge in [-0.2, -0.15) is 0 Å². The number of alkyl halides is 1. The van der Waals surface area contributed by atoms with E-state index in [0.29, 0.717) is 38.3 Å². The molecular weight excluding hydrogens is 336 g/mol. The zero-order valence-electron chi connectivity index (χ0n) is 12.0. The third-order valence-electron chi connectivity index (χ3n) is 3.45. The van der Waals surface area contributed by atoms with E-state index in [-0.39, 0.29) is 12.0 Å². The monoisotopic (exact) mass is 354 g/mol. The topological polar surface area (TPSA) is 49.9 Å². The summed E-state index contributed by atoms with van der Waals surface area (Å²) in [5.41, 5.74) is 1.82. The number of amides is 2. The quantitative estimate of drug-likeness (QED) is 0.783. The van der Waals surface area contributed by atoms with E-state index in [1.807, 2.05) is 24.3 Å². The highest BCUT2D eigenvalue weighted by Gasteiger charge is 2.25. The molecule has 21 heavy (non-hydrogen) atoms. The molecule has 0 aliphatic carbocycles. The van der Waals surface area contributed by atoms with Crippen LogP contribution in [-0.2, 0) is 10.1 Å².